The highest BCUT2D eigenvalue weighted by molar-refractivity contribution is 5.76. The van der Waals surface area contributed by atoms with Crippen LogP contribution in [0.15, 0.2) is 36.5 Å². The van der Waals surface area contributed by atoms with Gasteiger partial charge in [-0.1, -0.05) is 19.9 Å². The van der Waals surface area contributed by atoms with Crippen LogP contribution in [0.3, 0.4) is 0 Å². The first-order valence-electron chi connectivity index (χ1n) is 5.21. The number of aromatic nitrogens is 1. The molecule has 0 N–H and O–H groups in total. The molecule has 2 heteroatoms. The molecule has 0 saturated carbocycles. The highest BCUT2D eigenvalue weighted by atomic mass is 16.6. The first-order valence-corrected chi connectivity index (χ1v) is 5.21. The third kappa shape index (κ3) is 1.80. The van der Waals surface area contributed by atoms with Crippen molar-refractivity contribution in [3.63, 3.8) is 0 Å². The van der Waals surface area contributed by atoms with Gasteiger partial charge in [-0.2, -0.15) is 0 Å². The summed E-state index contributed by atoms with van der Waals surface area (Å²) in [6, 6.07) is 10.6. The minimum atomic E-state index is 0.561. The van der Waals surface area contributed by atoms with Crippen LogP contribution in [-0.4, -0.2) is 7.11 Å². The molecule has 15 heavy (non-hydrogen) atoms. The predicted octanol–water partition coefficient (Wildman–Crippen LogP) is 2.31. The molecule has 2 aromatic rings. The fraction of sp³-hybridized carbons (Fsp3) is 0.308. The molecular weight excluding hydrogens is 186 g/mol. The Kier molecular flexibility index (Phi) is 2.58. The van der Waals surface area contributed by atoms with Crippen LogP contribution in [-0.2, 0) is 0 Å². The number of rotatable bonds is 2. The lowest BCUT2D eigenvalue weighted by molar-refractivity contribution is -0.865. The standard InChI is InChI=1S/C13H16NO/c1-10(2)11-6-7-13-12(9-11)5-4-8-14(13)15-3/h4-10H,1-3H3/q+1. The van der Waals surface area contributed by atoms with E-state index >= 15 is 0 Å². The minimum Gasteiger partial charge on any atom is -0.274 e. The summed E-state index contributed by atoms with van der Waals surface area (Å²) in [7, 11) is 1.68. The number of fused-ring (bicyclic) bond motifs is 1. The summed E-state index contributed by atoms with van der Waals surface area (Å²) in [5, 5.41) is 1.21. The van der Waals surface area contributed by atoms with E-state index in [1.54, 1.807) is 11.8 Å². The number of benzene rings is 1. The van der Waals surface area contributed by atoms with Crippen molar-refractivity contribution in [2.75, 3.05) is 7.11 Å². The lowest BCUT2D eigenvalue weighted by Gasteiger charge is -2.05. The maximum absolute atomic E-state index is 5.24. The maximum Gasteiger partial charge on any atom is 0.264 e. The van der Waals surface area contributed by atoms with Crippen molar-refractivity contribution in [2.45, 2.75) is 19.8 Å². The number of nitrogens with zero attached hydrogens (tertiary/aromatic N) is 1. The summed E-state index contributed by atoms with van der Waals surface area (Å²) in [4.78, 5) is 5.24. The number of hydrogen-bond acceptors (Lipinski definition) is 1. The highest BCUT2D eigenvalue weighted by Crippen LogP contribution is 2.18. The molecule has 0 atom stereocenters. The average molecular weight is 202 g/mol. The Morgan fingerprint density at radius 1 is 1.20 bits per heavy atom. The van der Waals surface area contributed by atoms with Gasteiger partial charge in [0.05, 0.1) is 5.39 Å². The highest BCUT2D eigenvalue weighted by Gasteiger charge is 2.09. The van der Waals surface area contributed by atoms with Crippen molar-refractivity contribution in [1.82, 2.24) is 0 Å². The molecule has 0 aliphatic carbocycles. The first kappa shape index (κ1) is 9.97. The van der Waals surface area contributed by atoms with Crippen LogP contribution in [0, 0.1) is 0 Å². The second kappa shape index (κ2) is 3.89. The van der Waals surface area contributed by atoms with Gasteiger partial charge in [-0.3, -0.25) is 4.84 Å². The lowest BCUT2D eigenvalue weighted by Crippen LogP contribution is -2.40. The van der Waals surface area contributed by atoms with Crippen molar-refractivity contribution in [2.24, 2.45) is 0 Å². The van der Waals surface area contributed by atoms with E-state index in [0.29, 0.717) is 5.92 Å². The van der Waals surface area contributed by atoms with Gasteiger partial charge < -0.3 is 0 Å². The van der Waals surface area contributed by atoms with Crippen molar-refractivity contribution < 1.29 is 9.57 Å². The van der Waals surface area contributed by atoms with Gasteiger partial charge in [-0.25, -0.2) is 0 Å². The number of pyridine rings is 1. The SMILES string of the molecule is CO[n+]1cccc2cc(C(C)C)ccc21. The van der Waals surface area contributed by atoms with Gasteiger partial charge in [-0.15, -0.1) is 0 Å². The van der Waals surface area contributed by atoms with Crippen LogP contribution in [0.4, 0.5) is 0 Å². The van der Waals surface area contributed by atoms with Crippen LogP contribution in [0.1, 0.15) is 25.3 Å². The van der Waals surface area contributed by atoms with E-state index in [2.05, 4.69) is 38.1 Å². The van der Waals surface area contributed by atoms with Crippen LogP contribution < -0.4 is 9.57 Å². The van der Waals surface area contributed by atoms with Crippen LogP contribution in [0.25, 0.3) is 10.9 Å². The summed E-state index contributed by atoms with van der Waals surface area (Å²) < 4.78 is 1.78. The Morgan fingerprint density at radius 3 is 2.67 bits per heavy atom. The monoisotopic (exact) mass is 202 g/mol. The first-order chi connectivity index (χ1) is 7.22. The second-order valence-electron chi connectivity index (χ2n) is 3.99. The van der Waals surface area contributed by atoms with Gasteiger partial charge >= 0.3 is 0 Å². The Morgan fingerprint density at radius 2 is 2.00 bits per heavy atom. The fourth-order valence-corrected chi connectivity index (χ4v) is 1.73. The quantitative estimate of drug-likeness (QED) is 0.681. The van der Waals surface area contributed by atoms with E-state index in [1.165, 1.54) is 10.9 Å². The van der Waals surface area contributed by atoms with Crippen molar-refractivity contribution in [1.29, 1.82) is 0 Å². The van der Waals surface area contributed by atoms with Crippen LogP contribution >= 0.6 is 0 Å². The molecule has 0 spiro atoms. The molecule has 0 fully saturated rings. The largest absolute Gasteiger partial charge is 0.274 e. The van der Waals surface area contributed by atoms with E-state index < -0.39 is 0 Å². The molecule has 1 aromatic carbocycles. The Bertz CT molecular complexity index is 477. The normalized spacial score (nSPS) is 10.9. The molecule has 0 aliphatic rings. The Labute approximate surface area is 90.1 Å². The average Bonchev–Trinajstić information content (AvgIpc) is 2.27. The minimum absolute atomic E-state index is 0.561. The van der Waals surface area contributed by atoms with Gasteiger partial charge in [0.25, 0.3) is 5.52 Å². The molecule has 0 saturated heterocycles. The molecule has 2 rings (SSSR count). The summed E-state index contributed by atoms with van der Waals surface area (Å²) >= 11 is 0. The molecule has 0 radical (unpaired) electrons. The van der Waals surface area contributed by atoms with E-state index in [1.807, 2.05) is 12.3 Å². The smallest absolute Gasteiger partial charge is 0.264 e. The maximum atomic E-state index is 5.24. The second-order valence-corrected chi connectivity index (χ2v) is 3.99. The summed E-state index contributed by atoms with van der Waals surface area (Å²) in [6.45, 7) is 4.41. The third-order valence-electron chi connectivity index (χ3n) is 2.65. The number of hydrogen-bond donors (Lipinski definition) is 0. The zero-order chi connectivity index (χ0) is 10.8. The van der Waals surface area contributed by atoms with Gasteiger partial charge in [0, 0.05) is 16.9 Å². The zero-order valence-electron chi connectivity index (χ0n) is 9.40. The molecule has 0 unspecified atom stereocenters. The summed E-state index contributed by atoms with van der Waals surface area (Å²) in [5.74, 6) is 0.561. The molecular formula is C13H16NO+. The Balaban J connectivity index is 2.63. The fourth-order valence-electron chi connectivity index (χ4n) is 1.73. The van der Waals surface area contributed by atoms with E-state index in [-0.39, 0.29) is 0 Å². The van der Waals surface area contributed by atoms with E-state index in [0.717, 1.165) is 5.52 Å². The molecule has 2 nitrogen and oxygen atoms in total. The van der Waals surface area contributed by atoms with Crippen molar-refractivity contribution in [3.8, 4) is 0 Å². The van der Waals surface area contributed by atoms with Crippen LogP contribution in [0.5, 0.6) is 0 Å². The van der Waals surface area contributed by atoms with Gasteiger partial charge in [0.1, 0.15) is 7.11 Å². The van der Waals surface area contributed by atoms with Gasteiger partial charge in [0.15, 0.2) is 0 Å². The third-order valence-corrected chi connectivity index (χ3v) is 2.65. The predicted molar refractivity (Wildman–Crippen MR) is 60.7 cm³/mol. The van der Waals surface area contributed by atoms with Gasteiger partial charge in [-0.05, 0) is 23.6 Å². The van der Waals surface area contributed by atoms with Crippen LogP contribution in [0.2, 0.25) is 0 Å². The Hall–Kier alpha value is -1.57. The zero-order valence-corrected chi connectivity index (χ0v) is 9.40. The molecule has 1 aromatic heterocycles. The summed E-state index contributed by atoms with van der Waals surface area (Å²) in [6.07, 6.45) is 1.91. The van der Waals surface area contributed by atoms with E-state index in [4.69, 9.17) is 4.84 Å². The van der Waals surface area contributed by atoms with E-state index in [9.17, 15) is 0 Å². The van der Waals surface area contributed by atoms with Crippen molar-refractivity contribution >= 4 is 10.9 Å². The molecule has 0 bridgehead atoms. The molecule has 78 valence electrons. The van der Waals surface area contributed by atoms with Crippen molar-refractivity contribution in [3.05, 3.63) is 42.1 Å². The van der Waals surface area contributed by atoms with Gasteiger partial charge in [0.2, 0.25) is 6.20 Å². The lowest BCUT2D eigenvalue weighted by atomic mass is 10.0. The molecule has 0 amide bonds. The summed E-state index contributed by atoms with van der Waals surface area (Å²) in [5.41, 5.74) is 2.46. The topological polar surface area (TPSA) is 13.1 Å². The molecule has 1 heterocycles. The molecule has 0 aliphatic heterocycles.